The number of methoxy groups -OCH3 is 1. The number of hydrogen-bond donors (Lipinski definition) is 2. The number of carbonyl (C=O) groups excluding carboxylic acids is 1. The van der Waals surface area contributed by atoms with Crippen molar-refractivity contribution >= 4 is 12.0 Å². The van der Waals surface area contributed by atoms with Crippen LogP contribution in [0.5, 0.6) is 0 Å². The van der Waals surface area contributed by atoms with Gasteiger partial charge in [0.1, 0.15) is 6.04 Å². The summed E-state index contributed by atoms with van der Waals surface area (Å²) >= 11 is 0. The van der Waals surface area contributed by atoms with E-state index in [4.69, 9.17) is 4.74 Å². The summed E-state index contributed by atoms with van der Waals surface area (Å²) in [5.41, 5.74) is -0.462. The Hall–Kier alpha value is -1.30. The van der Waals surface area contributed by atoms with Crippen molar-refractivity contribution < 1.29 is 19.4 Å². The van der Waals surface area contributed by atoms with E-state index in [1.165, 1.54) is 4.90 Å². The Kier molecular flexibility index (Phi) is 5.80. The van der Waals surface area contributed by atoms with E-state index in [1.807, 2.05) is 13.8 Å². The van der Waals surface area contributed by atoms with Gasteiger partial charge in [-0.15, -0.1) is 0 Å². The highest BCUT2D eigenvalue weighted by atomic mass is 16.5. The number of carboxylic acid groups (broad SMARTS) is 1. The molecule has 2 unspecified atom stereocenters. The van der Waals surface area contributed by atoms with Crippen LogP contribution in [0.15, 0.2) is 0 Å². The Labute approximate surface area is 120 Å². The number of carboxylic acids is 1. The summed E-state index contributed by atoms with van der Waals surface area (Å²) in [6, 6.07) is -1.04. The zero-order valence-corrected chi connectivity index (χ0v) is 12.8. The predicted octanol–water partition coefficient (Wildman–Crippen LogP) is 1.70. The number of nitrogens with one attached hydrogen (secondary N) is 1. The maximum atomic E-state index is 12.2. The number of urea groups is 1. The van der Waals surface area contributed by atoms with Crippen LogP contribution < -0.4 is 5.32 Å². The number of aliphatic carboxylic acids is 1. The second-order valence-corrected chi connectivity index (χ2v) is 5.97. The molecule has 0 radical (unpaired) electrons. The highest BCUT2D eigenvalue weighted by Gasteiger charge is 2.36. The summed E-state index contributed by atoms with van der Waals surface area (Å²) in [5.74, 6) is -0.542. The van der Waals surface area contributed by atoms with Gasteiger partial charge in [-0.3, -0.25) is 0 Å². The number of carbonyl (C=O) groups is 2. The summed E-state index contributed by atoms with van der Waals surface area (Å²) in [4.78, 5) is 24.9. The molecule has 116 valence electrons. The maximum Gasteiger partial charge on any atom is 0.326 e. The molecule has 1 aliphatic rings. The zero-order chi connectivity index (χ0) is 15.3. The Balaban J connectivity index is 2.63. The summed E-state index contributed by atoms with van der Waals surface area (Å²) in [6.45, 7) is 6.63. The van der Waals surface area contributed by atoms with E-state index < -0.39 is 17.6 Å². The average Bonchev–Trinajstić information content (AvgIpc) is 2.44. The van der Waals surface area contributed by atoms with Gasteiger partial charge in [-0.25, -0.2) is 9.59 Å². The van der Waals surface area contributed by atoms with Crippen LogP contribution in [0, 0.1) is 5.92 Å². The minimum atomic E-state index is -0.927. The van der Waals surface area contributed by atoms with E-state index in [0.29, 0.717) is 25.4 Å². The van der Waals surface area contributed by atoms with Crippen molar-refractivity contribution in [2.45, 2.75) is 51.7 Å². The van der Waals surface area contributed by atoms with Gasteiger partial charge in [-0.1, -0.05) is 13.3 Å². The Morgan fingerprint density at radius 3 is 2.60 bits per heavy atom. The number of hydrogen-bond acceptors (Lipinski definition) is 3. The molecule has 0 bridgehead atoms. The SMILES string of the molecule is CCC1CCN(C(=O)NCC(C)(C)OC)C(C(=O)O)C1. The minimum Gasteiger partial charge on any atom is -0.480 e. The molecule has 6 heteroatoms. The molecule has 0 aromatic carbocycles. The van der Waals surface area contributed by atoms with Crippen LogP contribution >= 0.6 is 0 Å². The molecule has 0 spiro atoms. The fourth-order valence-electron chi connectivity index (χ4n) is 2.35. The quantitative estimate of drug-likeness (QED) is 0.806. The van der Waals surface area contributed by atoms with Crippen molar-refractivity contribution in [2.75, 3.05) is 20.2 Å². The van der Waals surface area contributed by atoms with Crippen LogP contribution in [0.1, 0.15) is 40.0 Å². The number of likely N-dealkylation sites (tertiary alicyclic amines) is 1. The van der Waals surface area contributed by atoms with Crippen molar-refractivity contribution in [3.05, 3.63) is 0 Å². The van der Waals surface area contributed by atoms with Crippen molar-refractivity contribution in [1.29, 1.82) is 0 Å². The van der Waals surface area contributed by atoms with Gasteiger partial charge in [0.2, 0.25) is 0 Å². The van der Waals surface area contributed by atoms with E-state index in [2.05, 4.69) is 12.2 Å². The second kappa shape index (κ2) is 6.92. The number of amides is 2. The van der Waals surface area contributed by atoms with Crippen LogP contribution in [-0.2, 0) is 9.53 Å². The summed E-state index contributed by atoms with van der Waals surface area (Å²) < 4.78 is 5.23. The molecule has 1 saturated heterocycles. The number of ether oxygens (including phenoxy) is 1. The van der Waals surface area contributed by atoms with Gasteiger partial charge in [0, 0.05) is 20.2 Å². The first kappa shape index (κ1) is 16.8. The van der Waals surface area contributed by atoms with Crippen molar-refractivity contribution in [2.24, 2.45) is 5.92 Å². The lowest BCUT2D eigenvalue weighted by atomic mass is 9.89. The number of nitrogens with zero attached hydrogens (tertiary/aromatic N) is 1. The first-order chi connectivity index (χ1) is 9.30. The molecule has 0 aromatic rings. The van der Waals surface area contributed by atoms with Crippen molar-refractivity contribution in [3.8, 4) is 0 Å². The monoisotopic (exact) mass is 286 g/mol. The van der Waals surface area contributed by atoms with Gasteiger partial charge in [0.15, 0.2) is 0 Å². The van der Waals surface area contributed by atoms with Crippen LogP contribution in [0.2, 0.25) is 0 Å². The topological polar surface area (TPSA) is 78.9 Å². The normalized spacial score (nSPS) is 23.5. The standard InChI is InChI=1S/C14H26N2O4/c1-5-10-6-7-16(11(8-10)12(17)18)13(19)15-9-14(2,3)20-4/h10-11H,5-9H2,1-4H3,(H,15,19)(H,17,18). The van der Waals surface area contributed by atoms with E-state index >= 15 is 0 Å². The van der Waals surface area contributed by atoms with Crippen molar-refractivity contribution in [1.82, 2.24) is 10.2 Å². The molecule has 20 heavy (non-hydrogen) atoms. The minimum absolute atomic E-state index is 0.322. The van der Waals surface area contributed by atoms with Crippen LogP contribution in [0.4, 0.5) is 4.79 Å². The molecule has 1 aliphatic heterocycles. The van der Waals surface area contributed by atoms with E-state index in [9.17, 15) is 14.7 Å². The van der Waals surface area contributed by atoms with Crippen LogP contribution in [-0.4, -0.2) is 53.8 Å². The number of rotatable bonds is 5. The maximum absolute atomic E-state index is 12.2. The predicted molar refractivity (Wildman–Crippen MR) is 75.6 cm³/mol. The molecule has 1 rings (SSSR count). The van der Waals surface area contributed by atoms with Gasteiger partial charge >= 0.3 is 12.0 Å². The molecule has 2 amide bonds. The molecule has 0 aromatic heterocycles. The summed E-state index contributed by atoms with van der Waals surface area (Å²) in [6.07, 6.45) is 2.35. The third kappa shape index (κ3) is 4.37. The molecule has 0 aliphatic carbocycles. The molecule has 2 N–H and O–H groups in total. The molecule has 0 saturated carbocycles. The molecule has 1 fully saturated rings. The Bertz CT molecular complexity index is 357. The lowest BCUT2D eigenvalue weighted by Crippen LogP contribution is -2.55. The molecular formula is C14H26N2O4. The Morgan fingerprint density at radius 1 is 1.45 bits per heavy atom. The van der Waals surface area contributed by atoms with E-state index in [-0.39, 0.29) is 6.03 Å². The van der Waals surface area contributed by atoms with Gasteiger partial charge in [0.25, 0.3) is 0 Å². The largest absolute Gasteiger partial charge is 0.480 e. The fraction of sp³-hybridized carbons (Fsp3) is 0.857. The Morgan fingerprint density at radius 2 is 2.10 bits per heavy atom. The van der Waals surface area contributed by atoms with Gasteiger partial charge in [-0.05, 0) is 32.6 Å². The molecule has 2 atom stereocenters. The van der Waals surface area contributed by atoms with Gasteiger partial charge < -0.3 is 20.1 Å². The molecule has 6 nitrogen and oxygen atoms in total. The summed E-state index contributed by atoms with van der Waals surface area (Å²) in [7, 11) is 1.58. The van der Waals surface area contributed by atoms with Crippen molar-refractivity contribution in [3.63, 3.8) is 0 Å². The fourth-order valence-corrected chi connectivity index (χ4v) is 2.35. The number of piperidine rings is 1. The van der Waals surface area contributed by atoms with Crippen LogP contribution in [0.25, 0.3) is 0 Å². The third-order valence-electron chi connectivity index (χ3n) is 4.05. The second-order valence-electron chi connectivity index (χ2n) is 5.97. The van der Waals surface area contributed by atoms with E-state index in [0.717, 1.165) is 12.8 Å². The molecular weight excluding hydrogens is 260 g/mol. The zero-order valence-electron chi connectivity index (χ0n) is 12.8. The third-order valence-corrected chi connectivity index (χ3v) is 4.05. The highest BCUT2D eigenvalue weighted by Crippen LogP contribution is 2.25. The smallest absolute Gasteiger partial charge is 0.326 e. The van der Waals surface area contributed by atoms with Crippen LogP contribution in [0.3, 0.4) is 0 Å². The first-order valence-electron chi connectivity index (χ1n) is 7.13. The van der Waals surface area contributed by atoms with Gasteiger partial charge in [0.05, 0.1) is 5.60 Å². The van der Waals surface area contributed by atoms with Gasteiger partial charge in [-0.2, -0.15) is 0 Å². The highest BCUT2D eigenvalue weighted by molar-refractivity contribution is 5.82. The summed E-state index contributed by atoms with van der Waals surface area (Å²) in [5, 5.41) is 12.1. The lowest BCUT2D eigenvalue weighted by Gasteiger charge is -2.37. The lowest BCUT2D eigenvalue weighted by molar-refractivity contribution is -0.144. The van der Waals surface area contributed by atoms with E-state index in [1.54, 1.807) is 7.11 Å². The first-order valence-corrected chi connectivity index (χ1v) is 7.13. The molecule has 1 heterocycles. The average molecular weight is 286 g/mol.